The second-order valence-electron chi connectivity index (χ2n) is 5.63. The lowest BCUT2D eigenvalue weighted by Gasteiger charge is -2.22. The lowest BCUT2D eigenvalue weighted by atomic mass is 9.84. The largest absolute Gasteiger partial charge is 0.507 e. The van der Waals surface area contributed by atoms with Crippen LogP contribution in [0.2, 0.25) is 0 Å². The van der Waals surface area contributed by atoms with Gasteiger partial charge in [-0.1, -0.05) is 39.0 Å². The number of ether oxygens (including phenoxy) is 1. The fourth-order valence-corrected chi connectivity index (χ4v) is 1.93. The fourth-order valence-electron chi connectivity index (χ4n) is 1.93. The lowest BCUT2D eigenvalue weighted by molar-refractivity contribution is -0.144. The summed E-state index contributed by atoms with van der Waals surface area (Å²) in [4.78, 5) is 11.5. The first-order valence-corrected chi connectivity index (χ1v) is 6.51. The summed E-state index contributed by atoms with van der Waals surface area (Å²) in [5.41, 5.74) is 7.14. The van der Waals surface area contributed by atoms with E-state index in [9.17, 15) is 9.90 Å². The summed E-state index contributed by atoms with van der Waals surface area (Å²) in [5, 5.41) is 10.3. The molecule has 0 amide bonds. The van der Waals surface area contributed by atoms with E-state index in [0.29, 0.717) is 12.2 Å². The van der Waals surface area contributed by atoms with E-state index in [0.717, 1.165) is 5.56 Å². The van der Waals surface area contributed by atoms with Crippen LogP contribution in [0, 0.1) is 0 Å². The molecule has 0 heterocycles. The van der Waals surface area contributed by atoms with Crippen LogP contribution in [0.25, 0.3) is 0 Å². The average molecular weight is 265 g/mol. The van der Waals surface area contributed by atoms with Crippen LogP contribution in [0.3, 0.4) is 0 Å². The number of nitrogens with two attached hydrogens (primary N) is 1. The highest BCUT2D eigenvalue weighted by atomic mass is 16.5. The first-order chi connectivity index (χ1) is 8.77. The number of rotatable bonds is 4. The second kappa shape index (κ2) is 6.06. The van der Waals surface area contributed by atoms with Gasteiger partial charge in [0.2, 0.25) is 0 Å². The predicted octanol–water partition coefficient (Wildman–Crippen LogP) is 2.12. The molecular formula is C15H23NO3. The standard InChI is InChI=1S/C15H23NO3/c1-5-19-14(18)12(16)9-10-7-6-8-11(13(10)17)15(2,3)4/h6-8,12,17H,5,9,16H2,1-4H3. The zero-order chi connectivity index (χ0) is 14.6. The van der Waals surface area contributed by atoms with E-state index in [1.54, 1.807) is 13.0 Å². The van der Waals surface area contributed by atoms with Crippen molar-refractivity contribution in [3.63, 3.8) is 0 Å². The van der Waals surface area contributed by atoms with Crippen molar-refractivity contribution in [3.05, 3.63) is 29.3 Å². The van der Waals surface area contributed by atoms with Gasteiger partial charge in [0.25, 0.3) is 0 Å². The summed E-state index contributed by atoms with van der Waals surface area (Å²) in [6, 6.07) is 4.78. The molecule has 1 aromatic carbocycles. The summed E-state index contributed by atoms with van der Waals surface area (Å²) in [6.45, 7) is 8.12. The minimum absolute atomic E-state index is 0.159. The molecule has 3 N–H and O–H groups in total. The normalized spacial score (nSPS) is 13.1. The first-order valence-electron chi connectivity index (χ1n) is 6.51. The molecule has 0 aliphatic heterocycles. The Morgan fingerprint density at radius 3 is 2.58 bits per heavy atom. The Morgan fingerprint density at radius 2 is 2.05 bits per heavy atom. The second-order valence-corrected chi connectivity index (χ2v) is 5.63. The van der Waals surface area contributed by atoms with Crippen LogP contribution >= 0.6 is 0 Å². The molecule has 0 saturated carbocycles. The highest BCUT2D eigenvalue weighted by molar-refractivity contribution is 5.76. The van der Waals surface area contributed by atoms with Gasteiger partial charge in [0, 0.05) is 6.42 Å². The quantitative estimate of drug-likeness (QED) is 0.818. The van der Waals surface area contributed by atoms with Crippen molar-refractivity contribution in [1.29, 1.82) is 0 Å². The number of phenolic OH excluding ortho intramolecular Hbond substituents is 1. The topological polar surface area (TPSA) is 72.5 Å². The summed E-state index contributed by atoms with van der Waals surface area (Å²) < 4.78 is 4.87. The molecular weight excluding hydrogens is 242 g/mol. The van der Waals surface area contributed by atoms with E-state index in [-0.39, 0.29) is 17.6 Å². The molecule has 4 heteroatoms. The van der Waals surface area contributed by atoms with Crippen LogP contribution in [0.1, 0.15) is 38.8 Å². The maximum atomic E-state index is 11.5. The van der Waals surface area contributed by atoms with Crippen LogP contribution in [0.15, 0.2) is 18.2 Å². The number of esters is 1. The smallest absolute Gasteiger partial charge is 0.323 e. The molecule has 19 heavy (non-hydrogen) atoms. The molecule has 0 aliphatic rings. The van der Waals surface area contributed by atoms with Crippen LogP contribution < -0.4 is 5.73 Å². The van der Waals surface area contributed by atoms with Crippen molar-refractivity contribution < 1.29 is 14.6 Å². The molecule has 0 saturated heterocycles. The van der Waals surface area contributed by atoms with Crippen molar-refractivity contribution in [1.82, 2.24) is 0 Å². The minimum Gasteiger partial charge on any atom is -0.507 e. The molecule has 0 fully saturated rings. The third-order valence-corrected chi connectivity index (χ3v) is 2.96. The monoisotopic (exact) mass is 265 g/mol. The van der Waals surface area contributed by atoms with Gasteiger partial charge >= 0.3 is 5.97 Å². The zero-order valence-corrected chi connectivity index (χ0v) is 12.1. The molecule has 1 rings (SSSR count). The van der Waals surface area contributed by atoms with Crippen molar-refractivity contribution in [2.45, 2.75) is 45.6 Å². The van der Waals surface area contributed by atoms with Gasteiger partial charge in [0.15, 0.2) is 0 Å². The Kier molecular flexibility index (Phi) is 4.95. The van der Waals surface area contributed by atoms with Crippen LogP contribution in [0.5, 0.6) is 5.75 Å². The molecule has 1 atom stereocenters. The van der Waals surface area contributed by atoms with E-state index in [1.165, 1.54) is 0 Å². The molecule has 0 aliphatic carbocycles. The van der Waals surface area contributed by atoms with Crippen LogP contribution in [-0.4, -0.2) is 23.7 Å². The van der Waals surface area contributed by atoms with Gasteiger partial charge in [0.05, 0.1) is 6.61 Å². The van der Waals surface area contributed by atoms with Crippen molar-refractivity contribution in [2.24, 2.45) is 5.73 Å². The van der Waals surface area contributed by atoms with Crippen LogP contribution in [-0.2, 0) is 21.4 Å². The number of carbonyl (C=O) groups excluding carboxylic acids is 1. The number of aromatic hydroxyl groups is 1. The van der Waals surface area contributed by atoms with Gasteiger partial charge in [-0.2, -0.15) is 0 Å². The minimum atomic E-state index is -0.749. The SMILES string of the molecule is CCOC(=O)C(N)Cc1cccc(C(C)(C)C)c1O. The van der Waals surface area contributed by atoms with Gasteiger partial charge in [-0.15, -0.1) is 0 Å². The number of hydrogen-bond donors (Lipinski definition) is 2. The summed E-state index contributed by atoms with van der Waals surface area (Å²) in [5.74, 6) is -0.224. The van der Waals surface area contributed by atoms with E-state index in [2.05, 4.69) is 0 Å². The van der Waals surface area contributed by atoms with Gasteiger partial charge in [-0.3, -0.25) is 4.79 Å². The Morgan fingerprint density at radius 1 is 1.42 bits per heavy atom. The molecule has 0 bridgehead atoms. The van der Waals surface area contributed by atoms with E-state index in [4.69, 9.17) is 10.5 Å². The van der Waals surface area contributed by atoms with Crippen molar-refractivity contribution in [2.75, 3.05) is 6.61 Å². The number of para-hydroxylation sites is 1. The van der Waals surface area contributed by atoms with Crippen molar-refractivity contribution >= 4 is 5.97 Å². The van der Waals surface area contributed by atoms with Crippen molar-refractivity contribution in [3.8, 4) is 5.75 Å². The van der Waals surface area contributed by atoms with Gasteiger partial charge in [-0.25, -0.2) is 0 Å². The maximum absolute atomic E-state index is 11.5. The lowest BCUT2D eigenvalue weighted by Crippen LogP contribution is -2.34. The molecule has 0 spiro atoms. The molecule has 0 radical (unpaired) electrons. The Balaban J connectivity index is 2.94. The van der Waals surface area contributed by atoms with E-state index in [1.807, 2.05) is 32.9 Å². The summed E-state index contributed by atoms with van der Waals surface area (Å²) >= 11 is 0. The number of carbonyl (C=O) groups is 1. The molecule has 1 unspecified atom stereocenters. The Hall–Kier alpha value is -1.55. The van der Waals surface area contributed by atoms with Gasteiger partial charge in [0.1, 0.15) is 11.8 Å². The van der Waals surface area contributed by atoms with Gasteiger partial charge < -0.3 is 15.6 Å². The third kappa shape index (κ3) is 3.96. The predicted molar refractivity (Wildman–Crippen MR) is 75.1 cm³/mol. The highest BCUT2D eigenvalue weighted by Gasteiger charge is 2.22. The third-order valence-electron chi connectivity index (χ3n) is 2.96. The Bertz CT molecular complexity index is 449. The fraction of sp³-hybridized carbons (Fsp3) is 0.533. The molecule has 1 aromatic rings. The molecule has 0 aromatic heterocycles. The zero-order valence-electron chi connectivity index (χ0n) is 12.1. The molecule has 4 nitrogen and oxygen atoms in total. The number of hydrogen-bond acceptors (Lipinski definition) is 4. The molecule has 106 valence electrons. The average Bonchev–Trinajstić information content (AvgIpc) is 2.30. The number of phenols is 1. The van der Waals surface area contributed by atoms with Gasteiger partial charge in [-0.05, 0) is 23.5 Å². The van der Waals surface area contributed by atoms with E-state index < -0.39 is 12.0 Å². The first kappa shape index (κ1) is 15.5. The highest BCUT2D eigenvalue weighted by Crippen LogP contribution is 2.33. The van der Waals surface area contributed by atoms with E-state index >= 15 is 0 Å². The van der Waals surface area contributed by atoms with Crippen LogP contribution in [0.4, 0.5) is 0 Å². The number of benzene rings is 1. The maximum Gasteiger partial charge on any atom is 0.323 e. The Labute approximate surface area is 114 Å². The summed E-state index contributed by atoms with van der Waals surface area (Å²) in [6.07, 6.45) is 0.272. The summed E-state index contributed by atoms with van der Waals surface area (Å²) in [7, 11) is 0.